The van der Waals surface area contributed by atoms with E-state index < -0.39 is 0 Å². The molecule has 0 amide bonds. The Morgan fingerprint density at radius 2 is 1.29 bits per heavy atom. The van der Waals surface area contributed by atoms with Gasteiger partial charge >= 0.3 is 0 Å². The lowest BCUT2D eigenvalue weighted by Crippen LogP contribution is -1.91. The average Bonchev–Trinajstić information content (AvgIpc) is 2.99. The fraction of sp³-hybridized carbons (Fsp3) is 0.0435. The summed E-state index contributed by atoms with van der Waals surface area (Å²) in [6.45, 7) is 2.15. The van der Waals surface area contributed by atoms with E-state index in [1.165, 1.54) is 16.5 Å². The molecule has 1 heteroatoms. The second kappa shape index (κ2) is 6.10. The van der Waals surface area contributed by atoms with Crippen molar-refractivity contribution in [3.05, 3.63) is 102 Å². The quantitative estimate of drug-likeness (QED) is 0.418. The number of aryl methyl sites for hydroxylation is 1. The van der Waals surface area contributed by atoms with E-state index in [1.807, 2.05) is 30.3 Å². The first kappa shape index (κ1) is 14.4. The Morgan fingerprint density at radius 1 is 0.667 bits per heavy atom. The number of benzene rings is 3. The van der Waals surface area contributed by atoms with E-state index in [-0.39, 0.29) is 0 Å². The number of nitrogens with zero attached hydrogens (tertiary/aromatic N) is 1. The molecule has 1 aromatic heterocycles. The number of fused-ring (bicyclic) bond motifs is 1. The van der Waals surface area contributed by atoms with E-state index in [4.69, 9.17) is 0 Å². The number of para-hydroxylation sites is 1. The molecule has 4 rings (SSSR count). The number of rotatable bonds is 1. The molecule has 0 aliphatic carbocycles. The van der Waals surface area contributed by atoms with E-state index in [9.17, 15) is 0 Å². The lowest BCUT2D eigenvalue weighted by molar-refractivity contribution is 1.12. The topological polar surface area (TPSA) is 4.93 Å². The maximum atomic E-state index is 3.22. The van der Waals surface area contributed by atoms with Gasteiger partial charge in [-0.15, -0.1) is 0 Å². The van der Waals surface area contributed by atoms with Crippen molar-refractivity contribution >= 4 is 10.9 Å². The minimum Gasteiger partial charge on any atom is -0.316 e. The van der Waals surface area contributed by atoms with Gasteiger partial charge in [-0.05, 0) is 55.0 Å². The lowest BCUT2D eigenvalue weighted by Gasteiger charge is -2.05. The first-order valence-electron chi connectivity index (χ1n) is 8.05. The van der Waals surface area contributed by atoms with Gasteiger partial charge in [0.1, 0.15) is 0 Å². The van der Waals surface area contributed by atoms with Gasteiger partial charge in [-0.25, -0.2) is 0 Å². The Kier molecular flexibility index (Phi) is 3.65. The predicted molar refractivity (Wildman–Crippen MR) is 100 cm³/mol. The van der Waals surface area contributed by atoms with E-state index in [0.29, 0.717) is 0 Å². The Hall–Kier alpha value is -3.24. The van der Waals surface area contributed by atoms with Gasteiger partial charge in [0.15, 0.2) is 0 Å². The number of hydrogen-bond donors (Lipinski definition) is 0. The standard InChI is InChI=1S/C23H17N/c1-18-17-24(23-10-6-5-9-22(18)23)21-15-13-20(14-16-21)12-11-19-7-3-2-4-8-19/h2-10,13-17H,1H3. The monoisotopic (exact) mass is 307 g/mol. The number of hydrogen-bond acceptors (Lipinski definition) is 0. The Bertz CT molecular complexity index is 1040. The molecule has 0 fully saturated rings. The van der Waals surface area contributed by atoms with Crippen LogP contribution in [0.3, 0.4) is 0 Å². The van der Waals surface area contributed by atoms with Crippen LogP contribution in [0.2, 0.25) is 0 Å². The minimum absolute atomic E-state index is 1.02. The summed E-state index contributed by atoms with van der Waals surface area (Å²) < 4.78 is 2.24. The first-order valence-corrected chi connectivity index (χ1v) is 8.05. The molecule has 0 N–H and O–H groups in total. The van der Waals surface area contributed by atoms with Crippen molar-refractivity contribution < 1.29 is 0 Å². The van der Waals surface area contributed by atoms with Crippen molar-refractivity contribution in [3.63, 3.8) is 0 Å². The summed E-state index contributed by atoms with van der Waals surface area (Å²) >= 11 is 0. The zero-order valence-electron chi connectivity index (χ0n) is 13.5. The van der Waals surface area contributed by atoms with Crippen LogP contribution in [0, 0.1) is 18.8 Å². The largest absolute Gasteiger partial charge is 0.316 e. The molecule has 1 heterocycles. The highest BCUT2D eigenvalue weighted by Crippen LogP contribution is 2.24. The lowest BCUT2D eigenvalue weighted by atomic mass is 10.1. The van der Waals surface area contributed by atoms with Gasteiger partial charge in [-0.2, -0.15) is 0 Å². The summed E-state index contributed by atoms with van der Waals surface area (Å²) in [5.41, 5.74) is 5.74. The summed E-state index contributed by atoms with van der Waals surface area (Å²) in [7, 11) is 0. The third-order valence-electron chi connectivity index (χ3n) is 4.18. The van der Waals surface area contributed by atoms with Crippen LogP contribution in [-0.4, -0.2) is 4.57 Å². The molecule has 0 aliphatic rings. The van der Waals surface area contributed by atoms with E-state index in [2.05, 4.69) is 78.1 Å². The zero-order valence-corrected chi connectivity index (χ0v) is 13.5. The summed E-state index contributed by atoms with van der Waals surface area (Å²) in [5, 5.41) is 1.30. The third-order valence-corrected chi connectivity index (χ3v) is 4.18. The van der Waals surface area contributed by atoms with Crippen LogP contribution in [0.4, 0.5) is 0 Å². The van der Waals surface area contributed by atoms with Crippen LogP contribution in [0.15, 0.2) is 85.1 Å². The van der Waals surface area contributed by atoms with Gasteiger partial charge in [0.05, 0.1) is 5.52 Å². The highest BCUT2D eigenvalue weighted by molar-refractivity contribution is 5.85. The van der Waals surface area contributed by atoms with Crippen molar-refractivity contribution in [3.8, 4) is 17.5 Å². The van der Waals surface area contributed by atoms with Gasteiger partial charge in [0.25, 0.3) is 0 Å². The Morgan fingerprint density at radius 3 is 2.04 bits per heavy atom. The molecule has 24 heavy (non-hydrogen) atoms. The molecule has 114 valence electrons. The fourth-order valence-electron chi connectivity index (χ4n) is 2.93. The molecule has 0 saturated carbocycles. The van der Waals surface area contributed by atoms with Crippen LogP contribution in [0.5, 0.6) is 0 Å². The van der Waals surface area contributed by atoms with Crippen LogP contribution < -0.4 is 0 Å². The highest BCUT2D eigenvalue weighted by atomic mass is 15.0. The molecule has 4 aromatic rings. The van der Waals surface area contributed by atoms with Gasteiger partial charge in [-0.3, -0.25) is 0 Å². The van der Waals surface area contributed by atoms with Crippen LogP contribution in [0.1, 0.15) is 16.7 Å². The maximum absolute atomic E-state index is 3.22. The molecular formula is C23H17N. The Balaban J connectivity index is 1.68. The summed E-state index contributed by atoms with van der Waals surface area (Å²) in [6.07, 6.45) is 2.19. The van der Waals surface area contributed by atoms with E-state index in [1.54, 1.807) is 0 Å². The maximum Gasteiger partial charge on any atom is 0.0531 e. The first-order chi connectivity index (χ1) is 11.8. The minimum atomic E-state index is 1.02. The molecule has 0 saturated heterocycles. The SMILES string of the molecule is Cc1cn(-c2ccc(C#Cc3ccccc3)cc2)c2ccccc12. The van der Waals surface area contributed by atoms with E-state index >= 15 is 0 Å². The second-order valence-electron chi connectivity index (χ2n) is 5.86. The van der Waals surface area contributed by atoms with Crippen molar-refractivity contribution in [2.24, 2.45) is 0 Å². The Labute approximate surface area is 142 Å². The fourth-order valence-corrected chi connectivity index (χ4v) is 2.93. The zero-order chi connectivity index (χ0) is 16.4. The van der Waals surface area contributed by atoms with Crippen molar-refractivity contribution in [2.75, 3.05) is 0 Å². The molecule has 0 aliphatic heterocycles. The van der Waals surface area contributed by atoms with Crippen LogP contribution >= 0.6 is 0 Å². The van der Waals surface area contributed by atoms with Crippen molar-refractivity contribution in [1.29, 1.82) is 0 Å². The second-order valence-corrected chi connectivity index (χ2v) is 5.86. The normalized spacial score (nSPS) is 10.4. The van der Waals surface area contributed by atoms with E-state index in [0.717, 1.165) is 16.8 Å². The van der Waals surface area contributed by atoms with Crippen molar-refractivity contribution in [2.45, 2.75) is 6.92 Å². The summed E-state index contributed by atoms with van der Waals surface area (Å²) in [6, 6.07) is 27.0. The van der Waals surface area contributed by atoms with Crippen LogP contribution in [-0.2, 0) is 0 Å². The average molecular weight is 307 g/mol. The van der Waals surface area contributed by atoms with Gasteiger partial charge < -0.3 is 4.57 Å². The third kappa shape index (κ3) is 2.71. The molecule has 3 aromatic carbocycles. The molecule has 0 bridgehead atoms. The number of aromatic nitrogens is 1. The van der Waals surface area contributed by atoms with Gasteiger partial charge in [0, 0.05) is 28.4 Å². The predicted octanol–water partition coefficient (Wildman–Crippen LogP) is 5.34. The molecule has 0 atom stereocenters. The van der Waals surface area contributed by atoms with Crippen LogP contribution in [0.25, 0.3) is 16.6 Å². The van der Waals surface area contributed by atoms with Gasteiger partial charge in [0.2, 0.25) is 0 Å². The molecule has 1 nitrogen and oxygen atoms in total. The summed E-state index contributed by atoms with van der Waals surface area (Å²) in [5.74, 6) is 6.42. The molecule has 0 radical (unpaired) electrons. The smallest absolute Gasteiger partial charge is 0.0531 e. The molecule has 0 spiro atoms. The summed E-state index contributed by atoms with van der Waals surface area (Å²) in [4.78, 5) is 0. The van der Waals surface area contributed by atoms with Crippen molar-refractivity contribution in [1.82, 2.24) is 4.57 Å². The van der Waals surface area contributed by atoms with Gasteiger partial charge in [-0.1, -0.05) is 48.2 Å². The highest BCUT2D eigenvalue weighted by Gasteiger charge is 2.05. The molecular weight excluding hydrogens is 290 g/mol. The molecule has 0 unspecified atom stereocenters.